The number of amides is 3. The van der Waals surface area contributed by atoms with Gasteiger partial charge in [-0.2, -0.15) is 5.10 Å². The van der Waals surface area contributed by atoms with Gasteiger partial charge in [0.25, 0.3) is 5.91 Å². The first-order valence-corrected chi connectivity index (χ1v) is 12.1. The molecule has 2 aromatic heterocycles. The second-order valence-corrected chi connectivity index (χ2v) is 9.40. The molecular formula is C29H25N5O4. The van der Waals surface area contributed by atoms with Crippen LogP contribution in [0.1, 0.15) is 11.1 Å². The van der Waals surface area contributed by atoms with Crippen molar-refractivity contribution in [1.82, 2.24) is 25.0 Å². The van der Waals surface area contributed by atoms with Crippen LogP contribution in [-0.4, -0.2) is 31.4 Å². The lowest BCUT2D eigenvalue weighted by atomic mass is 9.88. The molecule has 0 spiro atoms. The van der Waals surface area contributed by atoms with E-state index in [1.54, 1.807) is 27.7 Å². The highest BCUT2D eigenvalue weighted by Gasteiger charge is 2.48. The molecule has 0 unspecified atom stereocenters. The molecule has 0 bridgehead atoms. The summed E-state index contributed by atoms with van der Waals surface area (Å²) in [6, 6.07) is 22.1. The van der Waals surface area contributed by atoms with Crippen molar-refractivity contribution in [2.75, 3.05) is 0 Å². The zero-order valence-corrected chi connectivity index (χ0v) is 20.6. The van der Waals surface area contributed by atoms with Crippen LogP contribution in [-0.2, 0) is 30.5 Å². The van der Waals surface area contributed by atoms with E-state index in [0.29, 0.717) is 23.3 Å². The van der Waals surface area contributed by atoms with Gasteiger partial charge in [0.05, 0.1) is 12.7 Å². The summed E-state index contributed by atoms with van der Waals surface area (Å²) in [6.45, 7) is 0.399. The van der Waals surface area contributed by atoms with E-state index in [1.165, 1.54) is 0 Å². The molecule has 1 saturated heterocycles. The Kier molecular flexibility index (Phi) is 5.60. The topological polar surface area (TPSA) is 110 Å². The van der Waals surface area contributed by atoms with Crippen molar-refractivity contribution in [3.05, 3.63) is 103 Å². The fraction of sp³-hybridized carbons (Fsp3) is 0.138. The summed E-state index contributed by atoms with van der Waals surface area (Å²) in [5, 5.41) is 21.8. The maximum absolute atomic E-state index is 13.1. The van der Waals surface area contributed by atoms with Crippen molar-refractivity contribution in [3.8, 4) is 22.8 Å². The van der Waals surface area contributed by atoms with Crippen molar-refractivity contribution in [2.45, 2.75) is 18.7 Å². The fourth-order valence-electron chi connectivity index (χ4n) is 4.85. The highest BCUT2D eigenvalue weighted by atomic mass is 16.5. The Hall–Kier alpha value is -5.05. The number of aromatic hydroxyl groups is 1. The first-order chi connectivity index (χ1) is 18.4. The summed E-state index contributed by atoms with van der Waals surface area (Å²) in [7, 11) is 1.84. The normalized spacial score (nSPS) is 17.0. The number of aryl methyl sites for hydroxylation is 1. The van der Waals surface area contributed by atoms with Gasteiger partial charge in [-0.05, 0) is 34.9 Å². The van der Waals surface area contributed by atoms with Crippen LogP contribution in [0, 0.1) is 0 Å². The average molecular weight is 508 g/mol. The predicted molar refractivity (Wildman–Crippen MR) is 141 cm³/mol. The lowest BCUT2D eigenvalue weighted by Gasteiger charge is -2.27. The summed E-state index contributed by atoms with van der Waals surface area (Å²) < 4.78 is 9.21. The molecule has 3 N–H and O–H groups in total. The van der Waals surface area contributed by atoms with Gasteiger partial charge in [0.2, 0.25) is 0 Å². The van der Waals surface area contributed by atoms with Crippen LogP contribution in [0.3, 0.4) is 0 Å². The number of hydrogen-bond donors (Lipinski definition) is 3. The van der Waals surface area contributed by atoms with E-state index in [-0.39, 0.29) is 12.4 Å². The molecule has 5 aromatic rings. The Balaban J connectivity index is 1.31. The smallest absolute Gasteiger partial charge is 0.322 e. The van der Waals surface area contributed by atoms with Gasteiger partial charge in [0.15, 0.2) is 11.4 Å². The number of ether oxygens (including phenoxy) is 1. The number of hydrogen-bond acceptors (Lipinski definition) is 5. The summed E-state index contributed by atoms with van der Waals surface area (Å²) in [5.41, 5.74) is 2.10. The van der Waals surface area contributed by atoms with Crippen LogP contribution in [0.15, 0.2) is 91.4 Å². The van der Waals surface area contributed by atoms with E-state index < -0.39 is 17.5 Å². The van der Waals surface area contributed by atoms with Gasteiger partial charge < -0.3 is 19.7 Å². The van der Waals surface area contributed by atoms with E-state index in [2.05, 4.69) is 15.7 Å². The Morgan fingerprint density at radius 3 is 2.45 bits per heavy atom. The van der Waals surface area contributed by atoms with E-state index in [1.807, 2.05) is 80.0 Å². The number of rotatable bonds is 7. The lowest BCUT2D eigenvalue weighted by Crippen LogP contribution is -2.47. The van der Waals surface area contributed by atoms with Crippen molar-refractivity contribution in [2.24, 2.45) is 7.05 Å². The Morgan fingerprint density at radius 1 is 0.974 bits per heavy atom. The molecule has 0 saturated carbocycles. The number of urea groups is 1. The zero-order valence-electron chi connectivity index (χ0n) is 20.6. The summed E-state index contributed by atoms with van der Waals surface area (Å²) >= 11 is 0. The van der Waals surface area contributed by atoms with Crippen LogP contribution in [0.5, 0.6) is 11.6 Å². The second kappa shape index (κ2) is 9.11. The van der Waals surface area contributed by atoms with E-state index in [4.69, 9.17) is 4.74 Å². The molecule has 6 rings (SSSR count). The molecule has 3 heterocycles. The quantitative estimate of drug-likeness (QED) is 0.288. The number of carbonyl (C=O) groups excluding carboxylic acids is 2. The third-order valence-electron chi connectivity index (χ3n) is 6.85. The maximum Gasteiger partial charge on any atom is 0.322 e. The SMILES string of the molecule is Cn1cc(-c2ccc([C@]3(Cn4cc5ccc(OCc6ccccc6)cc5c4O)NC(=O)NC3=O)cc2)cn1. The third kappa shape index (κ3) is 4.13. The minimum Gasteiger partial charge on any atom is -0.494 e. The van der Waals surface area contributed by atoms with Gasteiger partial charge in [0.1, 0.15) is 12.4 Å². The molecule has 0 radical (unpaired) electrons. The lowest BCUT2D eigenvalue weighted by molar-refractivity contribution is -0.124. The molecule has 3 aromatic carbocycles. The van der Waals surface area contributed by atoms with Gasteiger partial charge in [-0.25, -0.2) is 4.79 Å². The van der Waals surface area contributed by atoms with Crippen molar-refractivity contribution >= 4 is 22.7 Å². The number of carbonyl (C=O) groups is 2. The second-order valence-electron chi connectivity index (χ2n) is 9.40. The third-order valence-corrected chi connectivity index (χ3v) is 6.85. The van der Waals surface area contributed by atoms with Crippen molar-refractivity contribution < 1.29 is 19.4 Å². The summed E-state index contributed by atoms with van der Waals surface area (Å²) in [5.74, 6) is 0.105. The predicted octanol–water partition coefficient (Wildman–Crippen LogP) is 4.06. The number of imide groups is 1. The minimum atomic E-state index is -1.40. The molecular weight excluding hydrogens is 482 g/mol. The molecule has 190 valence electrons. The average Bonchev–Trinajstić information content (AvgIpc) is 3.59. The minimum absolute atomic E-state index is 0.00245. The molecule has 3 amide bonds. The Labute approximate surface area is 218 Å². The summed E-state index contributed by atoms with van der Waals surface area (Å²) in [6.07, 6.45) is 5.42. The molecule has 9 nitrogen and oxygen atoms in total. The van der Waals surface area contributed by atoms with E-state index in [9.17, 15) is 14.7 Å². The standard InChI is InChI=1S/C29H25N5O4/c1-33-15-22(14-30-33)20-7-10-23(11-8-20)29(27(36)31-28(37)32-29)18-34-16-21-9-12-24(13-25(21)26(34)35)38-17-19-5-3-2-4-6-19/h2-16,35H,17-18H2,1H3,(H2,31,32,36,37)/t29-/m0/s1. The number of benzene rings is 3. The Morgan fingerprint density at radius 2 is 1.76 bits per heavy atom. The fourth-order valence-corrected chi connectivity index (χ4v) is 4.85. The van der Waals surface area contributed by atoms with E-state index >= 15 is 0 Å². The molecule has 38 heavy (non-hydrogen) atoms. The first-order valence-electron chi connectivity index (χ1n) is 12.1. The van der Waals surface area contributed by atoms with Gasteiger partial charge in [-0.1, -0.05) is 54.6 Å². The first kappa shape index (κ1) is 23.4. The van der Waals surface area contributed by atoms with Gasteiger partial charge >= 0.3 is 6.03 Å². The number of nitrogens with zero attached hydrogens (tertiary/aromatic N) is 3. The summed E-state index contributed by atoms with van der Waals surface area (Å²) in [4.78, 5) is 25.4. The number of fused-ring (bicyclic) bond motifs is 1. The number of aromatic nitrogens is 3. The highest BCUT2D eigenvalue weighted by Crippen LogP contribution is 2.35. The van der Waals surface area contributed by atoms with Crippen LogP contribution in [0.2, 0.25) is 0 Å². The van der Waals surface area contributed by atoms with Crippen molar-refractivity contribution in [1.29, 1.82) is 0 Å². The van der Waals surface area contributed by atoms with Crippen LogP contribution >= 0.6 is 0 Å². The van der Waals surface area contributed by atoms with Gasteiger partial charge in [-0.3, -0.25) is 14.8 Å². The molecule has 1 aliphatic rings. The highest BCUT2D eigenvalue weighted by molar-refractivity contribution is 6.07. The molecule has 1 fully saturated rings. The molecule has 1 atom stereocenters. The van der Waals surface area contributed by atoms with Gasteiger partial charge in [-0.15, -0.1) is 0 Å². The maximum atomic E-state index is 13.1. The van der Waals surface area contributed by atoms with E-state index in [0.717, 1.165) is 22.1 Å². The van der Waals surface area contributed by atoms with Gasteiger partial charge in [0, 0.05) is 35.8 Å². The molecule has 9 heteroatoms. The number of nitrogens with one attached hydrogen (secondary N) is 2. The van der Waals surface area contributed by atoms with Crippen LogP contribution < -0.4 is 15.4 Å². The largest absolute Gasteiger partial charge is 0.494 e. The zero-order chi connectivity index (χ0) is 26.3. The molecule has 1 aliphatic heterocycles. The monoisotopic (exact) mass is 507 g/mol. The van der Waals surface area contributed by atoms with Crippen LogP contribution in [0.4, 0.5) is 4.79 Å². The van der Waals surface area contributed by atoms with Crippen molar-refractivity contribution in [3.63, 3.8) is 0 Å². The van der Waals surface area contributed by atoms with Crippen LogP contribution in [0.25, 0.3) is 21.9 Å². The molecule has 0 aliphatic carbocycles. The Bertz CT molecular complexity index is 1660.